The maximum Gasteiger partial charge on any atom is 0.156 e. The number of carbonyl (C=O) groups is 1. The van der Waals surface area contributed by atoms with E-state index in [4.69, 9.17) is 9.47 Å². The Balaban J connectivity index is 1.74. The molecule has 2 aliphatic rings. The monoisotopic (exact) mass is 352 g/mol. The van der Waals surface area contributed by atoms with Gasteiger partial charge >= 0.3 is 0 Å². The van der Waals surface area contributed by atoms with Crippen molar-refractivity contribution in [1.82, 2.24) is 0 Å². The number of ether oxygens (including phenoxy) is 2. The fraction of sp³-hybridized carbons (Fsp3) is 0.611. The molecule has 132 valence electrons. The van der Waals surface area contributed by atoms with Crippen LogP contribution in [0, 0.1) is 5.92 Å². The maximum absolute atomic E-state index is 12.7. The highest BCUT2D eigenvalue weighted by atomic mass is 32.2. The standard InChI is InChI=1S/C18H24O5S/c1-22-14-6-12(7-15(11-14)23-2)8-18(19)13-9-16-4-3-5-17(10-13)24(16,20)21/h6-7,11,13,16-17H,3-5,8-10H2,1-2H3. The Hall–Kier alpha value is -1.56. The molecule has 24 heavy (non-hydrogen) atoms. The average molecular weight is 352 g/mol. The van der Waals surface area contributed by atoms with E-state index in [1.54, 1.807) is 20.3 Å². The summed E-state index contributed by atoms with van der Waals surface area (Å²) >= 11 is 0. The normalized spacial score (nSPS) is 28.2. The van der Waals surface area contributed by atoms with Crippen molar-refractivity contribution in [2.45, 2.75) is 49.0 Å². The van der Waals surface area contributed by atoms with Crippen molar-refractivity contribution < 1.29 is 22.7 Å². The molecule has 0 aliphatic carbocycles. The van der Waals surface area contributed by atoms with E-state index in [1.807, 2.05) is 12.1 Å². The Morgan fingerprint density at radius 2 is 1.58 bits per heavy atom. The van der Waals surface area contributed by atoms with Crippen molar-refractivity contribution in [3.05, 3.63) is 23.8 Å². The summed E-state index contributed by atoms with van der Waals surface area (Å²) in [6.07, 6.45) is 3.63. The van der Waals surface area contributed by atoms with E-state index in [9.17, 15) is 13.2 Å². The number of sulfone groups is 1. The summed E-state index contributed by atoms with van der Waals surface area (Å²) in [6.45, 7) is 0. The van der Waals surface area contributed by atoms with Crippen LogP contribution in [0.4, 0.5) is 0 Å². The SMILES string of the molecule is COc1cc(CC(=O)C2CC3CCCC(C2)S3(=O)=O)cc(OC)c1. The van der Waals surface area contributed by atoms with Gasteiger partial charge in [0.15, 0.2) is 9.84 Å². The molecular formula is C18H24O5S. The largest absolute Gasteiger partial charge is 0.497 e. The third kappa shape index (κ3) is 3.29. The fourth-order valence-electron chi connectivity index (χ4n) is 3.99. The van der Waals surface area contributed by atoms with Crippen LogP contribution in [-0.2, 0) is 21.1 Å². The third-order valence-electron chi connectivity index (χ3n) is 5.32. The molecule has 2 heterocycles. The molecule has 2 fully saturated rings. The first-order chi connectivity index (χ1) is 11.4. The lowest BCUT2D eigenvalue weighted by molar-refractivity contribution is -0.122. The van der Waals surface area contributed by atoms with Gasteiger partial charge in [0, 0.05) is 18.4 Å². The number of Topliss-reactive ketones (excluding diaryl/α,β-unsaturated/α-hetero) is 1. The van der Waals surface area contributed by atoms with Crippen molar-refractivity contribution in [1.29, 1.82) is 0 Å². The number of hydrogen-bond acceptors (Lipinski definition) is 5. The van der Waals surface area contributed by atoms with Crippen LogP contribution in [0.2, 0.25) is 0 Å². The lowest BCUT2D eigenvalue weighted by Crippen LogP contribution is -2.45. The van der Waals surface area contributed by atoms with Crippen LogP contribution in [0.5, 0.6) is 11.5 Å². The van der Waals surface area contributed by atoms with E-state index in [2.05, 4.69) is 0 Å². The fourth-order valence-corrected chi connectivity index (χ4v) is 6.52. The summed E-state index contributed by atoms with van der Waals surface area (Å²) in [4.78, 5) is 12.7. The quantitative estimate of drug-likeness (QED) is 0.814. The summed E-state index contributed by atoms with van der Waals surface area (Å²) in [6, 6.07) is 5.44. The first kappa shape index (κ1) is 17.3. The van der Waals surface area contributed by atoms with Crippen LogP contribution in [0.25, 0.3) is 0 Å². The highest BCUT2D eigenvalue weighted by Gasteiger charge is 2.45. The summed E-state index contributed by atoms with van der Waals surface area (Å²) in [5.74, 6) is 1.28. The molecule has 0 amide bonds. The van der Waals surface area contributed by atoms with Gasteiger partial charge in [0.2, 0.25) is 0 Å². The Morgan fingerprint density at radius 3 is 2.08 bits per heavy atom. The minimum absolute atomic E-state index is 0.122. The van der Waals surface area contributed by atoms with E-state index in [-0.39, 0.29) is 28.6 Å². The molecule has 2 aliphatic heterocycles. The predicted molar refractivity (Wildman–Crippen MR) is 91.3 cm³/mol. The van der Waals surface area contributed by atoms with E-state index in [1.165, 1.54) is 0 Å². The van der Waals surface area contributed by atoms with Crippen LogP contribution >= 0.6 is 0 Å². The first-order valence-electron chi connectivity index (χ1n) is 8.41. The van der Waals surface area contributed by atoms with Gasteiger partial charge in [-0.2, -0.15) is 0 Å². The molecule has 6 heteroatoms. The molecule has 2 saturated heterocycles. The Bertz CT molecular complexity index is 683. The van der Waals surface area contributed by atoms with E-state index < -0.39 is 9.84 Å². The summed E-state index contributed by atoms with van der Waals surface area (Å²) in [5, 5.41) is -0.641. The minimum Gasteiger partial charge on any atom is -0.497 e. The van der Waals surface area contributed by atoms with Gasteiger partial charge in [0.05, 0.1) is 24.7 Å². The smallest absolute Gasteiger partial charge is 0.156 e. The van der Waals surface area contributed by atoms with Gasteiger partial charge < -0.3 is 9.47 Å². The number of benzene rings is 1. The number of fused-ring (bicyclic) bond motifs is 2. The molecule has 1 aromatic rings. The second kappa shape index (κ2) is 6.75. The van der Waals surface area contributed by atoms with Crippen molar-refractivity contribution in [3.8, 4) is 11.5 Å². The molecule has 5 nitrogen and oxygen atoms in total. The number of methoxy groups -OCH3 is 2. The second-order valence-electron chi connectivity index (χ2n) is 6.80. The molecule has 3 rings (SSSR count). The molecule has 0 N–H and O–H groups in total. The van der Waals surface area contributed by atoms with Crippen molar-refractivity contribution in [3.63, 3.8) is 0 Å². The second-order valence-corrected chi connectivity index (χ2v) is 9.31. The van der Waals surface area contributed by atoms with Gasteiger partial charge in [-0.05, 0) is 43.4 Å². The Morgan fingerprint density at radius 1 is 1.04 bits per heavy atom. The molecule has 1 aromatic carbocycles. The van der Waals surface area contributed by atoms with Gasteiger partial charge in [0.1, 0.15) is 17.3 Å². The van der Waals surface area contributed by atoms with Gasteiger partial charge in [-0.3, -0.25) is 4.79 Å². The van der Waals surface area contributed by atoms with E-state index >= 15 is 0 Å². The molecule has 0 aromatic heterocycles. The Labute approximate surface area is 143 Å². The van der Waals surface area contributed by atoms with Crippen LogP contribution in [-0.4, -0.2) is 38.9 Å². The van der Waals surface area contributed by atoms with Crippen molar-refractivity contribution in [2.75, 3.05) is 14.2 Å². The molecule has 2 unspecified atom stereocenters. The molecule has 2 bridgehead atoms. The molecule has 0 radical (unpaired) electrons. The zero-order valence-electron chi connectivity index (χ0n) is 14.2. The summed E-state index contributed by atoms with van der Waals surface area (Å²) < 4.78 is 35.2. The van der Waals surface area contributed by atoms with Gasteiger partial charge in [-0.15, -0.1) is 0 Å². The molecule has 0 spiro atoms. The lowest BCUT2D eigenvalue weighted by atomic mass is 9.85. The summed E-state index contributed by atoms with van der Waals surface area (Å²) in [5.41, 5.74) is 0.842. The molecular weight excluding hydrogens is 328 g/mol. The first-order valence-corrected chi connectivity index (χ1v) is 10.0. The molecule has 2 atom stereocenters. The number of carbonyl (C=O) groups excluding carboxylic acids is 1. The van der Waals surface area contributed by atoms with Crippen LogP contribution in [0.15, 0.2) is 18.2 Å². The lowest BCUT2D eigenvalue weighted by Gasteiger charge is -2.38. The highest BCUT2D eigenvalue weighted by molar-refractivity contribution is 7.92. The van der Waals surface area contributed by atoms with Crippen molar-refractivity contribution >= 4 is 15.6 Å². The van der Waals surface area contributed by atoms with Gasteiger partial charge in [0.25, 0.3) is 0 Å². The van der Waals surface area contributed by atoms with Crippen LogP contribution in [0.1, 0.15) is 37.7 Å². The minimum atomic E-state index is -3.02. The highest BCUT2D eigenvalue weighted by Crippen LogP contribution is 2.40. The van der Waals surface area contributed by atoms with E-state index in [0.29, 0.717) is 37.2 Å². The number of ketones is 1. The van der Waals surface area contributed by atoms with Crippen LogP contribution in [0.3, 0.4) is 0 Å². The Kier molecular flexibility index (Phi) is 4.85. The van der Waals surface area contributed by atoms with Crippen molar-refractivity contribution in [2.24, 2.45) is 5.92 Å². The summed E-state index contributed by atoms with van der Waals surface area (Å²) in [7, 11) is 0.136. The average Bonchev–Trinajstić information content (AvgIpc) is 2.53. The van der Waals surface area contributed by atoms with Crippen LogP contribution < -0.4 is 9.47 Å². The maximum atomic E-state index is 12.7. The number of rotatable bonds is 5. The zero-order valence-corrected chi connectivity index (χ0v) is 15.0. The zero-order chi connectivity index (χ0) is 17.3. The predicted octanol–water partition coefficient (Wildman–Crippen LogP) is 2.56. The van der Waals surface area contributed by atoms with Gasteiger partial charge in [-0.25, -0.2) is 8.42 Å². The molecule has 0 saturated carbocycles. The van der Waals surface area contributed by atoms with Gasteiger partial charge in [-0.1, -0.05) is 6.42 Å². The topological polar surface area (TPSA) is 69.7 Å². The third-order valence-corrected chi connectivity index (χ3v) is 8.04. The van der Waals surface area contributed by atoms with E-state index in [0.717, 1.165) is 12.0 Å². The number of hydrogen-bond donors (Lipinski definition) is 0.